The lowest BCUT2D eigenvalue weighted by Crippen LogP contribution is -2.05. The predicted octanol–water partition coefficient (Wildman–Crippen LogP) is 3.57. The van der Waals surface area contributed by atoms with Gasteiger partial charge >= 0.3 is 5.97 Å². The first kappa shape index (κ1) is 14.0. The number of hydrogen-bond acceptors (Lipinski definition) is 4. The Morgan fingerprint density at radius 3 is 2.89 bits per heavy atom. The Labute approximate surface area is 123 Å². The lowest BCUT2D eigenvalue weighted by atomic mass is 10.2. The summed E-state index contributed by atoms with van der Waals surface area (Å²) < 4.78 is 0.579. The van der Waals surface area contributed by atoms with Crippen LogP contribution < -0.4 is 5.32 Å². The molecule has 0 spiro atoms. The van der Waals surface area contributed by atoms with E-state index in [0.717, 1.165) is 29.4 Å². The van der Waals surface area contributed by atoms with Crippen molar-refractivity contribution in [1.82, 2.24) is 4.98 Å². The molecule has 0 saturated carbocycles. The molecule has 0 unspecified atom stereocenters. The third-order valence-electron chi connectivity index (χ3n) is 2.53. The molecule has 2 aromatic rings. The number of hydrogen-bond donors (Lipinski definition) is 2. The van der Waals surface area contributed by atoms with E-state index in [0.29, 0.717) is 4.47 Å². The minimum Gasteiger partial charge on any atom is -0.478 e. The summed E-state index contributed by atoms with van der Waals surface area (Å²) in [6.07, 6.45) is 0.858. The van der Waals surface area contributed by atoms with Gasteiger partial charge in [-0.1, -0.05) is 0 Å². The van der Waals surface area contributed by atoms with E-state index in [2.05, 4.69) is 26.2 Å². The van der Waals surface area contributed by atoms with Crippen LogP contribution in [0.25, 0.3) is 0 Å². The summed E-state index contributed by atoms with van der Waals surface area (Å²) in [6, 6.07) is 5.13. The number of benzene rings is 1. The van der Waals surface area contributed by atoms with E-state index in [1.807, 2.05) is 12.3 Å². The smallest absolute Gasteiger partial charge is 0.336 e. The van der Waals surface area contributed by atoms with Gasteiger partial charge < -0.3 is 10.4 Å². The number of aromatic carboxylic acids is 1. The lowest BCUT2D eigenvalue weighted by molar-refractivity contribution is 0.0696. The molecule has 19 heavy (non-hydrogen) atoms. The van der Waals surface area contributed by atoms with Crippen LogP contribution >= 0.6 is 27.3 Å². The maximum atomic E-state index is 10.9. The molecule has 0 aliphatic rings. The van der Waals surface area contributed by atoms with E-state index in [9.17, 15) is 4.79 Å². The van der Waals surface area contributed by atoms with Crippen LogP contribution in [0.4, 0.5) is 5.69 Å². The van der Waals surface area contributed by atoms with Crippen LogP contribution in [0.5, 0.6) is 0 Å². The van der Waals surface area contributed by atoms with Crippen molar-refractivity contribution in [2.45, 2.75) is 13.3 Å². The zero-order valence-corrected chi connectivity index (χ0v) is 12.7. The second-order valence-corrected chi connectivity index (χ2v) is 5.86. The fourth-order valence-electron chi connectivity index (χ4n) is 1.63. The molecule has 1 heterocycles. The number of carboxylic acid groups (broad SMARTS) is 1. The number of nitrogens with one attached hydrogen (secondary N) is 1. The SMILES string of the molecule is Cc1csc(CCNc2ccc(C(=O)O)c(Br)c2)n1. The van der Waals surface area contributed by atoms with Gasteiger partial charge in [-0.15, -0.1) is 11.3 Å². The Balaban J connectivity index is 1.93. The van der Waals surface area contributed by atoms with Crippen LogP contribution in [-0.4, -0.2) is 22.6 Å². The molecule has 0 radical (unpaired) electrons. The van der Waals surface area contributed by atoms with Gasteiger partial charge in [0.2, 0.25) is 0 Å². The molecule has 0 aliphatic carbocycles. The largest absolute Gasteiger partial charge is 0.478 e. The Morgan fingerprint density at radius 2 is 2.32 bits per heavy atom. The third kappa shape index (κ3) is 3.78. The average molecular weight is 341 g/mol. The maximum absolute atomic E-state index is 10.9. The zero-order valence-electron chi connectivity index (χ0n) is 10.3. The van der Waals surface area contributed by atoms with Gasteiger partial charge in [-0.05, 0) is 41.1 Å². The molecule has 0 atom stereocenters. The monoisotopic (exact) mass is 340 g/mol. The zero-order chi connectivity index (χ0) is 13.8. The summed E-state index contributed by atoms with van der Waals surface area (Å²) in [7, 11) is 0. The molecule has 2 N–H and O–H groups in total. The number of aromatic nitrogens is 1. The van der Waals surface area contributed by atoms with Crippen LogP contribution in [0.3, 0.4) is 0 Å². The maximum Gasteiger partial charge on any atom is 0.336 e. The summed E-state index contributed by atoms with van der Waals surface area (Å²) in [5, 5.41) is 15.3. The summed E-state index contributed by atoms with van der Waals surface area (Å²) >= 11 is 4.91. The molecule has 1 aromatic carbocycles. The van der Waals surface area contributed by atoms with Crippen LogP contribution in [0.2, 0.25) is 0 Å². The Morgan fingerprint density at radius 1 is 1.53 bits per heavy atom. The van der Waals surface area contributed by atoms with E-state index in [1.165, 1.54) is 0 Å². The van der Waals surface area contributed by atoms with Gasteiger partial charge in [0, 0.05) is 34.2 Å². The number of aryl methyl sites for hydroxylation is 1. The number of carbonyl (C=O) groups is 1. The van der Waals surface area contributed by atoms with Gasteiger partial charge in [0.1, 0.15) is 0 Å². The van der Waals surface area contributed by atoms with Gasteiger partial charge in [-0.3, -0.25) is 0 Å². The van der Waals surface area contributed by atoms with Crippen molar-refractivity contribution in [2.75, 3.05) is 11.9 Å². The van der Waals surface area contributed by atoms with Crippen molar-refractivity contribution in [3.8, 4) is 0 Å². The van der Waals surface area contributed by atoms with Crippen LogP contribution in [0, 0.1) is 6.92 Å². The molecule has 0 saturated heterocycles. The van der Waals surface area contributed by atoms with Crippen molar-refractivity contribution in [3.05, 3.63) is 44.3 Å². The first-order valence-electron chi connectivity index (χ1n) is 5.74. The van der Waals surface area contributed by atoms with Gasteiger partial charge in [0.05, 0.1) is 10.6 Å². The minimum absolute atomic E-state index is 0.265. The summed E-state index contributed by atoms with van der Waals surface area (Å²) in [6.45, 7) is 2.75. The lowest BCUT2D eigenvalue weighted by Gasteiger charge is -2.07. The second kappa shape index (κ2) is 6.16. The van der Waals surface area contributed by atoms with Crippen molar-refractivity contribution < 1.29 is 9.90 Å². The van der Waals surface area contributed by atoms with E-state index < -0.39 is 5.97 Å². The predicted molar refractivity (Wildman–Crippen MR) is 80.1 cm³/mol. The van der Waals surface area contributed by atoms with Gasteiger partial charge in [0.25, 0.3) is 0 Å². The minimum atomic E-state index is -0.934. The number of carboxylic acids is 1. The van der Waals surface area contributed by atoms with Crippen molar-refractivity contribution >= 4 is 38.9 Å². The number of thiazole rings is 1. The third-order valence-corrected chi connectivity index (χ3v) is 4.22. The summed E-state index contributed by atoms with van der Waals surface area (Å²) in [5.74, 6) is -0.934. The number of halogens is 1. The molecule has 4 nitrogen and oxygen atoms in total. The van der Waals surface area contributed by atoms with Crippen LogP contribution in [0.15, 0.2) is 28.1 Å². The van der Waals surface area contributed by atoms with E-state index in [-0.39, 0.29) is 5.56 Å². The molecule has 100 valence electrons. The summed E-state index contributed by atoms with van der Waals surface area (Å²) in [5.41, 5.74) is 2.21. The quantitative estimate of drug-likeness (QED) is 0.873. The van der Waals surface area contributed by atoms with Crippen molar-refractivity contribution in [3.63, 3.8) is 0 Å². The van der Waals surface area contributed by atoms with Crippen LogP contribution in [-0.2, 0) is 6.42 Å². The molecule has 6 heteroatoms. The summed E-state index contributed by atoms with van der Waals surface area (Å²) in [4.78, 5) is 15.3. The number of nitrogens with zero attached hydrogens (tertiary/aromatic N) is 1. The average Bonchev–Trinajstić information content (AvgIpc) is 2.75. The molecule has 0 aliphatic heterocycles. The second-order valence-electron chi connectivity index (χ2n) is 4.06. The standard InChI is InChI=1S/C13H13BrN2O2S/c1-8-7-19-12(16-8)4-5-15-9-2-3-10(13(17)18)11(14)6-9/h2-3,6-7,15H,4-5H2,1H3,(H,17,18). The normalized spacial score (nSPS) is 10.4. The molecule has 0 fully saturated rings. The van der Waals surface area contributed by atoms with E-state index >= 15 is 0 Å². The highest BCUT2D eigenvalue weighted by Crippen LogP contribution is 2.21. The van der Waals surface area contributed by atoms with E-state index in [4.69, 9.17) is 5.11 Å². The van der Waals surface area contributed by atoms with E-state index in [1.54, 1.807) is 29.5 Å². The van der Waals surface area contributed by atoms with Crippen molar-refractivity contribution in [2.24, 2.45) is 0 Å². The first-order chi connectivity index (χ1) is 9.06. The molecule has 2 rings (SSSR count). The Kier molecular flexibility index (Phi) is 4.55. The number of rotatable bonds is 5. The highest BCUT2D eigenvalue weighted by molar-refractivity contribution is 9.10. The van der Waals surface area contributed by atoms with Gasteiger partial charge in [-0.2, -0.15) is 0 Å². The molecule has 0 bridgehead atoms. The topological polar surface area (TPSA) is 62.2 Å². The van der Waals surface area contributed by atoms with Crippen LogP contribution in [0.1, 0.15) is 21.1 Å². The fraction of sp³-hybridized carbons (Fsp3) is 0.231. The highest BCUT2D eigenvalue weighted by atomic mass is 79.9. The van der Waals surface area contributed by atoms with Crippen molar-refractivity contribution in [1.29, 1.82) is 0 Å². The molecular weight excluding hydrogens is 328 g/mol. The first-order valence-corrected chi connectivity index (χ1v) is 7.41. The fourth-order valence-corrected chi connectivity index (χ4v) is 2.95. The Hall–Kier alpha value is -1.40. The molecule has 1 aromatic heterocycles. The molecular formula is C13H13BrN2O2S. The van der Waals surface area contributed by atoms with Gasteiger partial charge in [-0.25, -0.2) is 9.78 Å². The number of anilines is 1. The van der Waals surface area contributed by atoms with Gasteiger partial charge in [0.15, 0.2) is 0 Å². The Bertz CT molecular complexity index is 598. The molecule has 0 amide bonds. The highest BCUT2D eigenvalue weighted by Gasteiger charge is 2.08.